The van der Waals surface area contributed by atoms with Gasteiger partial charge in [0.15, 0.2) is 17.9 Å². The Balaban J connectivity index is 1.87. The average Bonchev–Trinajstić information content (AvgIpc) is 2.52. The molecule has 1 heterocycles. The molecule has 0 N–H and O–H groups in total. The van der Waals surface area contributed by atoms with Gasteiger partial charge in [0, 0.05) is 17.6 Å². The summed E-state index contributed by atoms with van der Waals surface area (Å²) >= 11 is 3.15. The Bertz CT molecular complexity index is 637. The molecule has 2 rings (SSSR count). The first kappa shape index (κ1) is 19.7. The number of hydrogen-bond acceptors (Lipinski definition) is 4. The van der Waals surface area contributed by atoms with E-state index < -0.39 is 11.4 Å². The Morgan fingerprint density at radius 3 is 2.56 bits per heavy atom. The molecule has 0 unspecified atom stereocenters. The van der Waals surface area contributed by atoms with Gasteiger partial charge < -0.3 is 14.4 Å². The van der Waals surface area contributed by atoms with Gasteiger partial charge in [-0.15, -0.1) is 0 Å². The topological polar surface area (TPSA) is 55.8 Å². The summed E-state index contributed by atoms with van der Waals surface area (Å²) in [6.45, 7) is 6.97. The number of rotatable bonds is 4. The van der Waals surface area contributed by atoms with E-state index in [1.807, 2.05) is 20.8 Å². The summed E-state index contributed by atoms with van der Waals surface area (Å²) in [6, 6.07) is 2.80. The SMILES string of the molecule is CC(C)(C)OC(=O)N1CCC(COc2c(F)cc(Br)cc2C=O)CC1. The number of piperidine rings is 1. The Morgan fingerprint density at radius 1 is 1.36 bits per heavy atom. The number of halogens is 2. The lowest BCUT2D eigenvalue weighted by atomic mass is 9.98. The molecule has 1 aliphatic rings. The van der Waals surface area contributed by atoms with E-state index in [9.17, 15) is 14.0 Å². The molecule has 1 fully saturated rings. The zero-order valence-electron chi connectivity index (χ0n) is 14.7. The Hall–Kier alpha value is -1.63. The maximum absolute atomic E-state index is 14.0. The van der Waals surface area contributed by atoms with Crippen LogP contribution in [0.2, 0.25) is 0 Å². The normalized spacial score (nSPS) is 15.8. The van der Waals surface area contributed by atoms with Gasteiger partial charge in [0.2, 0.25) is 0 Å². The lowest BCUT2D eigenvalue weighted by Crippen LogP contribution is -2.42. The van der Waals surface area contributed by atoms with E-state index in [1.54, 1.807) is 4.90 Å². The number of amides is 1. The van der Waals surface area contributed by atoms with Crippen LogP contribution in [0.25, 0.3) is 0 Å². The maximum atomic E-state index is 14.0. The number of carbonyl (C=O) groups excluding carboxylic acids is 2. The van der Waals surface area contributed by atoms with Crippen molar-refractivity contribution < 1.29 is 23.5 Å². The largest absolute Gasteiger partial charge is 0.489 e. The Morgan fingerprint density at radius 2 is 2.00 bits per heavy atom. The molecule has 0 radical (unpaired) electrons. The summed E-state index contributed by atoms with van der Waals surface area (Å²) in [5.41, 5.74) is -0.334. The van der Waals surface area contributed by atoms with Crippen LogP contribution in [0.4, 0.5) is 9.18 Å². The molecule has 0 bridgehead atoms. The molecule has 1 saturated heterocycles. The number of likely N-dealkylation sites (tertiary alicyclic amines) is 1. The van der Waals surface area contributed by atoms with Gasteiger partial charge in [0.05, 0.1) is 12.2 Å². The second kappa shape index (κ2) is 8.17. The van der Waals surface area contributed by atoms with E-state index in [0.29, 0.717) is 30.5 Å². The molecular weight excluding hydrogens is 393 g/mol. The minimum atomic E-state index is -0.567. The molecule has 138 valence electrons. The van der Waals surface area contributed by atoms with Crippen LogP contribution in [0.1, 0.15) is 44.0 Å². The Kier molecular flexibility index (Phi) is 6.43. The highest BCUT2D eigenvalue weighted by Gasteiger charge is 2.27. The van der Waals surface area contributed by atoms with Crippen molar-refractivity contribution in [2.24, 2.45) is 5.92 Å². The second-order valence-corrected chi connectivity index (χ2v) is 8.06. The highest BCUT2D eigenvalue weighted by molar-refractivity contribution is 9.10. The first-order chi connectivity index (χ1) is 11.7. The average molecular weight is 416 g/mol. The molecule has 5 nitrogen and oxygen atoms in total. The lowest BCUT2D eigenvalue weighted by Gasteiger charge is -2.33. The van der Waals surface area contributed by atoms with Gasteiger partial charge in [-0.25, -0.2) is 9.18 Å². The van der Waals surface area contributed by atoms with Crippen LogP contribution in [0.3, 0.4) is 0 Å². The third-order valence-corrected chi connectivity index (χ3v) is 4.35. The van der Waals surface area contributed by atoms with E-state index in [-0.39, 0.29) is 23.3 Å². The van der Waals surface area contributed by atoms with E-state index in [2.05, 4.69) is 15.9 Å². The van der Waals surface area contributed by atoms with Gasteiger partial charge in [-0.05, 0) is 51.7 Å². The molecule has 1 amide bonds. The van der Waals surface area contributed by atoms with Crippen LogP contribution in [0, 0.1) is 11.7 Å². The number of carbonyl (C=O) groups is 2. The van der Waals surface area contributed by atoms with Crippen LogP contribution in [0.5, 0.6) is 5.75 Å². The molecule has 0 spiro atoms. The minimum Gasteiger partial charge on any atom is -0.489 e. The fourth-order valence-electron chi connectivity index (χ4n) is 2.63. The predicted molar refractivity (Wildman–Crippen MR) is 95.5 cm³/mol. The van der Waals surface area contributed by atoms with Crippen molar-refractivity contribution in [3.63, 3.8) is 0 Å². The van der Waals surface area contributed by atoms with Crippen molar-refractivity contribution >= 4 is 28.3 Å². The first-order valence-corrected chi connectivity index (χ1v) is 9.04. The maximum Gasteiger partial charge on any atom is 0.410 e. The zero-order valence-corrected chi connectivity index (χ0v) is 16.3. The van der Waals surface area contributed by atoms with Gasteiger partial charge in [-0.3, -0.25) is 4.79 Å². The molecule has 1 aromatic carbocycles. The molecule has 7 heteroatoms. The van der Waals surface area contributed by atoms with Crippen LogP contribution >= 0.6 is 15.9 Å². The van der Waals surface area contributed by atoms with Crippen LogP contribution in [0.15, 0.2) is 16.6 Å². The zero-order chi connectivity index (χ0) is 18.6. The summed E-state index contributed by atoms with van der Waals surface area (Å²) in [7, 11) is 0. The number of nitrogens with zero attached hydrogens (tertiary/aromatic N) is 1. The fourth-order valence-corrected chi connectivity index (χ4v) is 3.08. The van der Waals surface area contributed by atoms with Gasteiger partial charge in [0.1, 0.15) is 5.60 Å². The third kappa shape index (κ3) is 5.70. The van der Waals surface area contributed by atoms with Crippen LogP contribution in [-0.2, 0) is 4.74 Å². The molecule has 0 aromatic heterocycles. The lowest BCUT2D eigenvalue weighted by molar-refractivity contribution is 0.0164. The van der Waals surface area contributed by atoms with E-state index in [1.165, 1.54) is 12.1 Å². The molecule has 1 aromatic rings. The summed E-state index contributed by atoms with van der Waals surface area (Å²) in [4.78, 5) is 24.8. The second-order valence-electron chi connectivity index (χ2n) is 7.15. The van der Waals surface area contributed by atoms with Crippen LogP contribution < -0.4 is 4.74 Å². The highest BCUT2D eigenvalue weighted by atomic mass is 79.9. The molecule has 25 heavy (non-hydrogen) atoms. The smallest absolute Gasteiger partial charge is 0.410 e. The molecule has 1 aliphatic heterocycles. The summed E-state index contributed by atoms with van der Waals surface area (Å²) in [5, 5.41) is 0. The summed E-state index contributed by atoms with van der Waals surface area (Å²) in [6.07, 6.45) is 1.75. The highest BCUT2D eigenvalue weighted by Crippen LogP contribution is 2.28. The van der Waals surface area contributed by atoms with Gasteiger partial charge in [0.25, 0.3) is 0 Å². The van der Waals surface area contributed by atoms with Crippen molar-refractivity contribution in [1.82, 2.24) is 4.90 Å². The van der Waals surface area contributed by atoms with Gasteiger partial charge in [-0.2, -0.15) is 0 Å². The number of ether oxygens (including phenoxy) is 2. The molecule has 0 aliphatic carbocycles. The first-order valence-electron chi connectivity index (χ1n) is 8.24. The van der Waals surface area contributed by atoms with E-state index in [4.69, 9.17) is 9.47 Å². The number of aldehydes is 1. The van der Waals surface area contributed by atoms with Crippen molar-refractivity contribution in [1.29, 1.82) is 0 Å². The summed E-state index contributed by atoms with van der Waals surface area (Å²) < 4.78 is 25.4. The molecule has 0 atom stereocenters. The quantitative estimate of drug-likeness (QED) is 0.682. The van der Waals surface area contributed by atoms with Crippen molar-refractivity contribution in [2.75, 3.05) is 19.7 Å². The fraction of sp³-hybridized carbons (Fsp3) is 0.556. The summed E-state index contributed by atoms with van der Waals surface area (Å²) in [5.74, 6) is -0.392. The van der Waals surface area contributed by atoms with Gasteiger partial charge in [-0.1, -0.05) is 15.9 Å². The monoisotopic (exact) mass is 415 g/mol. The number of hydrogen-bond donors (Lipinski definition) is 0. The molecule has 0 saturated carbocycles. The standard InChI is InChI=1S/C18H23BrFNO4/c1-18(2,3)25-17(23)21-6-4-12(5-7-21)11-24-16-13(10-22)8-14(19)9-15(16)20/h8-10,12H,4-7,11H2,1-3H3. The van der Waals surface area contributed by atoms with Crippen LogP contribution in [-0.4, -0.2) is 42.6 Å². The third-order valence-electron chi connectivity index (χ3n) is 3.89. The minimum absolute atomic E-state index is 0.0206. The predicted octanol–water partition coefficient (Wildman–Crippen LogP) is 4.43. The van der Waals surface area contributed by atoms with Crippen molar-refractivity contribution in [3.8, 4) is 5.75 Å². The van der Waals surface area contributed by atoms with Crippen molar-refractivity contribution in [2.45, 2.75) is 39.2 Å². The Labute approximate surface area is 155 Å². The number of benzene rings is 1. The van der Waals surface area contributed by atoms with E-state index in [0.717, 1.165) is 12.8 Å². The molecular formula is C18H23BrFNO4. The van der Waals surface area contributed by atoms with E-state index >= 15 is 0 Å². The van der Waals surface area contributed by atoms with Crippen molar-refractivity contribution in [3.05, 3.63) is 28.0 Å². The van der Waals surface area contributed by atoms with Gasteiger partial charge >= 0.3 is 6.09 Å².